The molecule has 8 heteroatoms. The van der Waals surface area contributed by atoms with E-state index in [0.29, 0.717) is 26.1 Å². The molecule has 21 heavy (non-hydrogen) atoms. The first-order valence-corrected chi connectivity index (χ1v) is 7.99. The summed E-state index contributed by atoms with van der Waals surface area (Å²) in [5.41, 5.74) is 4.39. The van der Waals surface area contributed by atoms with Gasteiger partial charge in [-0.2, -0.15) is 4.31 Å². The molecule has 6 nitrogen and oxygen atoms in total. The number of hydrogen-bond donors (Lipinski definition) is 2. The van der Waals surface area contributed by atoms with Gasteiger partial charge in [0.25, 0.3) is 0 Å². The van der Waals surface area contributed by atoms with E-state index in [4.69, 9.17) is 10.5 Å². The number of ether oxygens (including phenoxy) is 1. The fourth-order valence-corrected chi connectivity index (χ4v) is 3.64. The number of sulfonamides is 1. The number of nitrogens with zero attached hydrogens (tertiary/aromatic N) is 1. The summed E-state index contributed by atoms with van der Waals surface area (Å²) < 4.78 is 44.3. The van der Waals surface area contributed by atoms with Crippen molar-refractivity contribution in [2.75, 3.05) is 32.5 Å². The maximum atomic E-state index is 13.3. The van der Waals surface area contributed by atoms with Gasteiger partial charge in [0.2, 0.25) is 10.0 Å². The Morgan fingerprint density at radius 3 is 2.57 bits per heavy atom. The SMILES string of the molecule is CN(CC1(O)CCOCC1)S(=O)(=O)c1cc(N)cc(F)c1. The third kappa shape index (κ3) is 3.70. The van der Waals surface area contributed by atoms with Crippen molar-refractivity contribution >= 4 is 15.7 Å². The number of aliphatic hydroxyl groups is 1. The molecular formula is C13H19FN2O4S. The van der Waals surface area contributed by atoms with Gasteiger partial charge in [0.15, 0.2) is 0 Å². The maximum absolute atomic E-state index is 13.3. The van der Waals surface area contributed by atoms with E-state index in [1.807, 2.05) is 0 Å². The van der Waals surface area contributed by atoms with Crippen molar-refractivity contribution in [2.45, 2.75) is 23.3 Å². The number of nitrogen functional groups attached to an aromatic ring is 1. The summed E-state index contributed by atoms with van der Waals surface area (Å²) in [5, 5.41) is 10.4. The molecule has 1 aliphatic heterocycles. The summed E-state index contributed by atoms with van der Waals surface area (Å²) in [7, 11) is -2.56. The van der Waals surface area contributed by atoms with E-state index in [1.54, 1.807) is 0 Å². The molecule has 118 valence electrons. The predicted molar refractivity (Wildman–Crippen MR) is 75.6 cm³/mol. The van der Waals surface area contributed by atoms with Crippen molar-refractivity contribution in [1.82, 2.24) is 4.31 Å². The number of likely N-dealkylation sites (N-methyl/N-ethyl adjacent to an activating group) is 1. The lowest BCUT2D eigenvalue weighted by atomic mass is 9.95. The second-order valence-corrected chi connectivity index (χ2v) is 7.36. The van der Waals surface area contributed by atoms with E-state index >= 15 is 0 Å². The number of halogens is 1. The molecule has 1 aliphatic rings. The zero-order valence-corrected chi connectivity index (χ0v) is 12.6. The quantitative estimate of drug-likeness (QED) is 0.792. The van der Waals surface area contributed by atoms with E-state index in [0.717, 1.165) is 16.4 Å². The Morgan fingerprint density at radius 1 is 1.38 bits per heavy atom. The smallest absolute Gasteiger partial charge is 0.243 e. The average Bonchev–Trinajstić information content (AvgIpc) is 2.37. The first kappa shape index (κ1) is 16.2. The van der Waals surface area contributed by atoms with Crippen LogP contribution in [0.4, 0.5) is 10.1 Å². The first-order valence-electron chi connectivity index (χ1n) is 6.55. The van der Waals surface area contributed by atoms with Gasteiger partial charge in [-0.25, -0.2) is 12.8 Å². The van der Waals surface area contributed by atoms with Crippen LogP contribution in [-0.4, -0.2) is 50.2 Å². The van der Waals surface area contributed by atoms with E-state index in [1.165, 1.54) is 13.1 Å². The van der Waals surface area contributed by atoms with Crippen LogP contribution in [0.3, 0.4) is 0 Å². The molecule has 2 rings (SSSR count). The monoisotopic (exact) mass is 318 g/mol. The number of benzene rings is 1. The molecule has 1 aromatic rings. The largest absolute Gasteiger partial charge is 0.399 e. The van der Waals surface area contributed by atoms with Crippen LogP contribution in [-0.2, 0) is 14.8 Å². The second-order valence-electron chi connectivity index (χ2n) is 5.32. The van der Waals surface area contributed by atoms with E-state index in [2.05, 4.69) is 0 Å². The highest BCUT2D eigenvalue weighted by molar-refractivity contribution is 7.89. The van der Waals surface area contributed by atoms with Gasteiger partial charge in [-0.3, -0.25) is 0 Å². The van der Waals surface area contributed by atoms with Gasteiger partial charge in [-0.05, 0) is 18.2 Å². The van der Waals surface area contributed by atoms with Crippen molar-refractivity contribution in [3.05, 3.63) is 24.0 Å². The van der Waals surface area contributed by atoms with Gasteiger partial charge >= 0.3 is 0 Å². The normalized spacial score (nSPS) is 18.9. The minimum atomic E-state index is -3.91. The van der Waals surface area contributed by atoms with Crippen LogP contribution in [0, 0.1) is 5.82 Å². The highest BCUT2D eigenvalue weighted by atomic mass is 32.2. The van der Waals surface area contributed by atoms with Crippen LogP contribution in [0.5, 0.6) is 0 Å². The van der Waals surface area contributed by atoms with Crippen molar-refractivity contribution in [3.63, 3.8) is 0 Å². The molecule has 0 bridgehead atoms. The molecule has 0 saturated carbocycles. The summed E-state index contributed by atoms with van der Waals surface area (Å²) in [6.45, 7) is 0.698. The molecule has 0 aromatic heterocycles. The zero-order valence-electron chi connectivity index (χ0n) is 11.8. The summed E-state index contributed by atoms with van der Waals surface area (Å²) in [5.74, 6) is -0.716. The van der Waals surface area contributed by atoms with E-state index in [9.17, 15) is 17.9 Å². The molecule has 0 radical (unpaired) electrons. The Bertz CT molecular complexity index is 594. The van der Waals surface area contributed by atoms with Crippen molar-refractivity contribution in [2.24, 2.45) is 0 Å². The standard InChI is InChI=1S/C13H19FN2O4S/c1-16(9-13(17)2-4-20-5-3-13)21(18,19)12-7-10(14)6-11(15)8-12/h6-8,17H,2-5,9,15H2,1H3. The van der Waals surface area contributed by atoms with Gasteiger partial charge in [0, 0.05) is 45.3 Å². The number of nitrogens with two attached hydrogens (primary N) is 1. The highest BCUT2D eigenvalue weighted by Gasteiger charge is 2.35. The van der Waals surface area contributed by atoms with Crippen LogP contribution >= 0.6 is 0 Å². The molecule has 1 fully saturated rings. The lowest BCUT2D eigenvalue weighted by Crippen LogP contribution is -2.47. The van der Waals surface area contributed by atoms with Crippen LogP contribution < -0.4 is 5.73 Å². The Hall–Kier alpha value is -1.22. The summed E-state index contributed by atoms with van der Waals surface area (Å²) in [6.07, 6.45) is 0.719. The number of rotatable bonds is 4. The Morgan fingerprint density at radius 2 is 2.00 bits per heavy atom. The molecule has 1 saturated heterocycles. The number of hydrogen-bond acceptors (Lipinski definition) is 5. The van der Waals surface area contributed by atoms with E-state index < -0.39 is 21.4 Å². The summed E-state index contributed by atoms with van der Waals surface area (Å²) >= 11 is 0. The first-order chi connectivity index (χ1) is 9.73. The Kier molecular flexibility index (Phi) is 4.52. The predicted octanol–water partition coefficient (Wildman–Crippen LogP) is 0.570. The van der Waals surface area contributed by atoms with Gasteiger partial charge in [-0.15, -0.1) is 0 Å². The zero-order chi connectivity index (χ0) is 15.7. The fraction of sp³-hybridized carbons (Fsp3) is 0.538. The van der Waals surface area contributed by atoms with Crippen molar-refractivity contribution in [3.8, 4) is 0 Å². The lowest BCUT2D eigenvalue weighted by Gasteiger charge is -2.35. The molecular weight excluding hydrogens is 299 g/mol. The second kappa shape index (κ2) is 5.88. The third-order valence-corrected chi connectivity index (χ3v) is 5.32. The number of anilines is 1. The molecule has 0 spiro atoms. The molecule has 0 unspecified atom stereocenters. The van der Waals surface area contributed by atoms with Crippen molar-refractivity contribution < 1.29 is 22.7 Å². The topological polar surface area (TPSA) is 92.9 Å². The van der Waals surface area contributed by atoms with Gasteiger partial charge in [0.1, 0.15) is 5.82 Å². The van der Waals surface area contributed by atoms with Crippen LogP contribution in [0.15, 0.2) is 23.1 Å². The average molecular weight is 318 g/mol. The van der Waals surface area contributed by atoms with Gasteiger partial charge in [0.05, 0.1) is 10.5 Å². The molecule has 3 N–H and O–H groups in total. The van der Waals surface area contributed by atoms with Gasteiger partial charge < -0.3 is 15.6 Å². The molecule has 0 aliphatic carbocycles. The third-order valence-electron chi connectivity index (χ3n) is 3.54. The minimum Gasteiger partial charge on any atom is -0.399 e. The fourth-order valence-electron chi connectivity index (χ4n) is 2.32. The van der Waals surface area contributed by atoms with Crippen LogP contribution in [0.25, 0.3) is 0 Å². The van der Waals surface area contributed by atoms with Crippen molar-refractivity contribution in [1.29, 1.82) is 0 Å². The van der Waals surface area contributed by atoms with Crippen LogP contribution in [0.2, 0.25) is 0 Å². The van der Waals surface area contributed by atoms with Crippen LogP contribution in [0.1, 0.15) is 12.8 Å². The lowest BCUT2D eigenvalue weighted by molar-refractivity contribution is -0.0689. The summed E-state index contributed by atoms with van der Waals surface area (Å²) in [6, 6.07) is 3.16. The maximum Gasteiger partial charge on any atom is 0.243 e. The summed E-state index contributed by atoms with van der Waals surface area (Å²) in [4.78, 5) is -0.224. The Balaban J connectivity index is 2.22. The van der Waals surface area contributed by atoms with Gasteiger partial charge in [-0.1, -0.05) is 0 Å². The minimum absolute atomic E-state index is 0.0340. The molecule has 0 amide bonds. The molecule has 0 atom stereocenters. The van der Waals surface area contributed by atoms with E-state index in [-0.39, 0.29) is 17.1 Å². The Labute approximate surface area is 123 Å². The molecule has 1 heterocycles. The highest BCUT2D eigenvalue weighted by Crippen LogP contribution is 2.25. The molecule has 1 aromatic carbocycles.